The first-order chi connectivity index (χ1) is 12.3. The molecule has 0 bridgehead atoms. The van der Waals surface area contributed by atoms with Crippen molar-refractivity contribution in [1.29, 1.82) is 0 Å². The van der Waals surface area contributed by atoms with Crippen molar-refractivity contribution in [3.8, 4) is 5.75 Å². The van der Waals surface area contributed by atoms with Crippen LogP contribution in [0.5, 0.6) is 5.75 Å². The predicted molar refractivity (Wildman–Crippen MR) is 104 cm³/mol. The third-order valence-corrected chi connectivity index (χ3v) is 6.05. The molecule has 0 atom stereocenters. The second-order valence-corrected chi connectivity index (χ2v) is 8.97. The molecule has 1 aromatic rings. The van der Waals surface area contributed by atoms with Gasteiger partial charge in [-0.2, -0.15) is 0 Å². The first-order valence-corrected chi connectivity index (χ1v) is 11.1. The van der Waals surface area contributed by atoms with Crippen molar-refractivity contribution < 1.29 is 17.9 Å². The number of amides is 1. The Morgan fingerprint density at radius 1 is 1.31 bits per heavy atom. The molecule has 1 aliphatic carbocycles. The van der Waals surface area contributed by atoms with Gasteiger partial charge in [-0.15, -0.1) is 0 Å². The third-order valence-electron chi connectivity index (χ3n) is 4.56. The lowest BCUT2D eigenvalue weighted by molar-refractivity contribution is -0.122. The van der Waals surface area contributed by atoms with E-state index < -0.39 is 10.0 Å². The number of carbonyl (C=O) groups excluding carboxylic acids is 1. The van der Waals surface area contributed by atoms with Gasteiger partial charge in [0.05, 0.1) is 24.1 Å². The third kappa shape index (κ3) is 6.06. The summed E-state index contributed by atoms with van der Waals surface area (Å²) in [6.45, 7) is 0.222. The van der Waals surface area contributed by atoms with Gasteiger partial charge in [-0.3, -0.25) is 9.10 Å². The number of carbonyl (C=O) groups is 1. The van der Waals surface area contributed by atoms with E-state index in [4.69, 9.17) is 16.3 Å². The molecule has 1 N–H and O–H groups in total. The molecule has 26 heavy (non-hydrogen) atoms. The number of methoxy groups -OCH3 is 1. The van der Waals surface area contributed by atoms with E-state index in [1.54, 1.807) is 18.2 Å². The summed E-state index contributed by atoms with van der Waals surface area (Å²) >= 11 is 6.11. The molecular formula is C18H27ClN2O4S. The summed E-state index contributed by atoms with van der Waals surface area (Å²) in [4.78, 5) is 12.1. The van der Waals surface area contributed by atoms with Crippen LogP contribution in [0, 0.1) is 0 Å². The highest BCUT2D eigenvalue weighted by molar-refractivity contribution is 7.92. The number of benzene rings is 1. The van der Waals surface area contributed by atoms with Crippen LogP contribution in [0.4, 0.5) is 5.69 Å². The van der Waals surface area contributed by atoms with Gasteiger partial charge in [-0.05, 0) is 37.5 Å². The minimum Gasteiger partial charge on any atom is -0.495 e. The molecule has 6 nitrogen and oxygen atoms in total. The van der Waals surface area contributed by atoms with E-state index in [0.29, 0.717) is 29.3 Å². The van der Waals surface area contributed by atoms with Gasteiger partial charge >= 0.3 is 0 Å². The van der Waals surface area contributed by atoms with Gasteiger partial charge in [-0.25, -0.2) is 8.42 Å². The largest absolute Gasteiger partial charge is 0.495 e. The summed E-state index contributed by atoms with van der Waals surface area (Å²) in [5, 5.41) is 3.39. The average Bonchev–Trinajstić information content (AvgIpc) is 2.58. The normalized spacial score (nSPS) is 15.5. The highest BCUT2D eigenvalue weighted by atomic mass is 35.5. The number of hydrogen-bond acceptors (Lipinski definition) is 4. The number of hydrogen-bond donors (Lipinski definition) is 1. The first kappa shape index (κ1) is 20.8. The lowest BCUT2D eigenvalue weighted by Crippen LogP contribution is -2.37. The Morgan fingerprint density at radius 3 is 2.58 bits per heavy atom. The molecule has 1 fully saturated rings. The maximum absolute atomic E-state index is 12.1. The standard InChI is InChI=1S/C18H27ClN2O4S/c1-25-17-11-10-15(13-16(17)19)21(26(2,23)24)12-6-9-18(22)20-14-7-4-3-5-8-14/h10-11,13-14H,3-9,12H2,1-2H3,(H,20,22). The first-order valence-electron chi connectivity index (χ1n) is 8.92. The molecule has 0 radical (unpaired) electrons. The van der Waals surface area contributed by atoms with Crippen molar-refractivity contribution in [2.45, 2.75) is 51.0 Å². The van der Waals surface area contributed by atoms with Gasteiger partial charge < -0.3 is 10.1 Å². The smallest absolute Gasteiger partial charge is 0.232 e. The Morgan fingerprint density at radius 2 is 2.00 bits per heavy atom. The highest BCUT2D eigenvalue weighted by Gasteiger charge is 2.20. The molecule has 146 valence electrons. The fourth-order valence-corrected chi connectivity index (χ4v) is 4.44. The second-order valence-electron chi connectivity index (χ2n) is 6.66. The number of halogens is 1. The van der Waals surface area contributed by atoms with Crippen LogP contribution in [0.25, 0.3) is 0 Å². The Labute approximate surface area is 160 Å². The van der Waals surface area contributed by atoms with Crippen molar-refractivity contribution in [3.63, 3.8) is 0 Å². The minimum atomic E-state index is -3.48. The molecule has 0 aliphatic heterocycles. The molecule has 2 rings (SSSR count). The van der Waals surface area contributed by atoms with Crippen LogP contribution in [0.1, 0.15) is 44.9 Å². The Balaban J connectivity index is 1.94. The van der Waals surface area contributed by atoms with Gasteiger partial charge in [0.15, 0.2) is 0 Å². The van der Waals surface area contributed by atoms with Crippen LogP contribution in [0.3, 0.4) is 0 Å². The topological polar surface area (TPSA) is 75.7 Å². The zero-order chi connectivity index (χ0) is 19.2. The molecule has 1 aromatic carbocycles. The van der Waals surface area contributed by atoms with Crippen LogP contribution < -0.4 is 14.4 Å². The lowest BCUT2D eigenvalue weighted by atomic mass is 9.95. The lowest BCUT2D eigenvalue weighted by Gasteiger charge is -2.24. The number of ether oxygens (including phenoxy) is 1. The van der Waals surface area contributed by atoms with Crippen LogP contribution in [0.15, 0.2) is 18.2 Å². The quantitative estimate of drug-likeness (QED) is 0.723. The molecule has 8 heteroatoms. The van der Waals surface area contributed by atoms with E-state index >= 15 is 0 Å². The van der Waals surface area contributed by atoms with E-state index in [1.807, 2.05) is 0 Å². The fraction of sp³-hybridized carbons (Fsp3) is 0.611. The van der Waals surface area contributed by atoms with E-state index in [-0.39, 0.29) is 18.5 Å². The molecule has 1 amide bonds. The summed E-state index contributed by atoms with van der Waals surface area (Å²) in [5.41, 5.74) is 0.464. The number of rotatable bonds is 8. The van der Waals surface area contributed by atoms with E-state index in [9.17, 15) is 13.2 Å². The minimum absolute atomic E-state index is 0.0156. The molecule has 1 saturated carbocycles. The number of anilines is 1. The SMILES string of the molecule is COc1ccc(N(CCCC(=O)NC2CCCCC2)S(C)(=O)=O)cc1Cl. The molecule has 1 aliphatic rings. The Kier molecular flexibility index (Phi) is 7.58. The van der Waals surface area contributed by atoms with Crippen molar-refractivity contribution >= 4 is 33.2 Å². The molecule has 0 aromatic heterocycles. The highest BCUT2D eigenvalue weighted by Crippen LogP contribution is 2.30. The number of sulfonamides is 1. The Bertz CT molecular complexity index is 718. The zero-order valence-corrected chi connectivity index (χ0v) is 16.9. The summed E-state index contributed by atoms with van der Waals surface area (Å²) in [5.74, 6) is 0.467. The second kappa shape index (κ2) is 9.46. The van der Waals surface area contributed by atoms with Gasteiger partial charge in [0.2, 0.25) is 15.9 Å². The fourth-order valence-electron chi connectivity index (χ4n) is 3.23. The van der Waals surface area contributed by atoms with Gasteiger partial charge in [0.25, 0.3) is 0 Å². The van der Waals surface area contributed by atoms with E-state index in [0.717, 1.165) is 31.9 Å². The zero-order valence-electron chi connectivity index (χ0n) is 15.3. The van der Waals surface area contributed by atoms with Gasteiger partial charge in [0.1, 0.15) is 5.75 Å². The molecule has 0 saturated heterocycles. The summed E-state index contributed by atoms with van der Waals surface area (Å²) in [7, 11) is -1.98. The maximum atomic E-state index is 12.1. The van der Waals surface area contributed by atoms with Crippen LogP contribution in [0.2, 0.25) is 5.02 Å². The van der Waals surface area contributed by atoms with Crippen molar-refractivity contribution in [1.82, 2.24) is 5.32 Å². The Hall–Kier alpha value is -1.47. The van der Waals surface area contributed by atoms with Crippen LogP contribution >= 0.6 is 11.6 Å². The monoisotopic (exact) mass is 402 g/mol. The van der Waals surface area contributed by atoms with Crippen molar-refractivity contribution in [2.24, 2.45) is 0 Å². The number of nitrogens with one attached hydrogen (secondary N) is 1. The van der Waals surface area contributed by atoms with Crippen LogP contribution in [-0.2, 0) is 14.8 Å². The van der Waals surface area contributed by atoms with Gasteiger partial charge in [0, 0.05) is 19.0 Å². The molecular weight excluding hydrogens is 376 g/mol. The molecule has 0 unspecified atom stereocenters. The molecule has 0 spiro atoms. The van der Waals surface area contributed by atoms with Crippen molar-refractivity contribution in [3.05, 3.63) is 23.2 Å². The number of nitrogens with zero attached hydrogens (tertiary/aromatic N) is 1. The summed E-state index contributed by atoms with van der Waals surface area (Å²) < 4.78 is 30.6. The maximum Gasteiger partial charge on any atom is 0.232 e. The molecule has 0 heterocycles. The van der Waals surface area contributed by atoms with E-state index in [2.05, 4.69) is 5.32 Å². The summed E-state index contributed by atoms with van der Waals surface area (Å²) in [6, 6.07) is 5.10. The predicted octanol–water partition coefficient (Wildman–Crippen LogP) is 3.34. The van der Waals surface area contributed by atoms with Gasteiger partial charge in [-0.1, -0.05) is 30.9 Å². The summed E-state index contributed by atoms with van der Waals surface area (Å²) in [6.07, 6.45) is 7.50. The average molecular weight is 403 g/mol. The van der Waals surface area contributed by atoms with Crippen LogP contribution in [-0.4, -0.2) is 40.3 Å². The van der Waals surface area contributed by atoms with Crippen molar-refractivity contribution in [2.75, 3.05) is 24.2 Å². The van der Waals surface area contributed by atoms with E-state index in [1.165, 1.54) is 17.8 Å².